The van der Waals surface area contributed by atoms with Gasteiger partial charge in [-0.05, 0) is 37.0 Å². The third kappa shape index (κ3) is 2.14. The molecule has 1 heterocycles. The van der Waals surface area contributed by atoms with E-state index in [1.54, 1.807) is 0 Å². The number of anilines is 1. The number of nitrogens with zero attached hydrogens (tertiary/aromatic N) is 2. The van der Waals surface area contributed by atoms with Crippen molar-refractivity contribution in [3.8, 4) is 0 Å². The highest BCUT2D eigenvalue weighted by atomic mass is 15.0. The number of rotatable bonds is 2. The Kier molecular flexibility index (Phi) is 2.75. The van der Waals surface area contributed by atoms with Crippen LogP contribution in [-0.2, 0) is 6.54 Å². The largest absolute Gasteiger partial charge is 0.399 e. The molecule has 0 saturated heterocycles. The Balaban J connectivity index is 1.86. The highest BCUT2D eigenvalue weighted by Crippen LogP contribution is 2.26. The second-order valence-electron chi connectivity index (χ2n) is 5.15. The summed E-state index contributed by atoms with van der Waals surface area (Å²) in [5.41, 5.74) is 8.89. The summed E-state index contributed by atoms with van der Waals surface area (Å²) in [6.07, 6.45) is 8.87. The Morgan fingerprint density at radius 1 is 1.24 bits per heavy atom. The number of hydrogen-bond donors (Lipinski definition) is 1. The minimum atomic E-state index is 0.822. The molecule has 1 aliphatic rings. The van der Waals surface area contributed by atoms with Gasteiger partial charge in [-0.15, -0.1) is 0 Å². The van der Waals surface area contributed by atoms with Gasteiger partial charge in [-0.1, -0.05) is 19.3 Å². The van der Waals surface area contributed by atoms with Gasteiger partial charge in [-0.2, -0.15) is 0 Å². The first kappa shape index (κ1) is 10.6. The summed E-state index contributed by atoms with van der Waals surface area (Å²) in [4.78, 5) is 4.43. The third-order valence-corrected chi connectivity index (χ3v) is 3.82. The van der Waals surface area contributed by atoms with E-state index < -0.39 is 0 Å². The number of fused-ring (bicyclic) bond motifs is 1. The summed E-state index contributed by atoms with van der Waals surface area (Å²) in [6.45, 7) is 1.10. The average molecular weight is 229 g/mol. The molecule has 2 N–H and O–H groups in total. The summed E-state index contributed by atoms with van der Waals surface area (Å²) < 4.78 is 2.27. The van der Waals surface area contributed by atoms with Crippen molar-refractivity contribution in [2.75, 3.05) is 5.73 Å². The lowest BCUT2D eigenvalue weighted by molar-refractivity contribution is 0.322. The number of benzene rings is 1. The summed E-state index contributed by atoms with van der Waals surface area (Å²) in [5.74, 6) is 0.822. The van der Waals surface area contributed by atoms with Gasteiger partial charge in [0.2, 0.25) is 0 Å². The molecule has 1 fully saturated rings. The van der Waals surface area contributed by atoms with Crippen LogP contribution in [0.4, 0.5) is 5.69 Å². The van der Waals surface area contributed by atoms with E-state index in [9.17, 15) is 0 Å². The molecule has 3 heteroatoms. The SMILES string of the molecule is Nc1ccc2ncn(CC3CCCCC3)c2c1. The zero-order valence-corrected chi connectivity index (χ0v) is 10.1. The molecule has 0 aliphatic heterocycles. The van der Waals surface area contributed by atoms with Crippen molar-refractivity contribution >= 4 is 16.7 Å². The first-order chi connectivity index (χ1) is 8.33. The fourth-order valence-corrected chi connectivity index (χ4v) is 2.87. The smallest absolute Gasteiger partial charge is 0.0958 e. The molecule has 3 rings (SSSR count). The highest BCUT2D eigenvalue weighted by molar-refractivity contribution is 5.78. The number of aromatic nitrogens is 2. The van der Waals surface area contributed by atoms with E-state index in [-0.39, 0.29) is 0 Å². The van der Waals surface area contributed by atoms with Gasteiger partial charge in [0.1, 0.15) is 0 Å². The fourth-order valence-electron chi connectivity index (χ4n) is 2.87. The van der Waals surface area contributed by atoms with Crippen molar-refractivity contribution in [3.63, 3.8) is 0 Å². The maximum absolute atomic E-state index is 5.84. The molecule has 1 aromatic carbocycles. The number of nitrogen functional groups attached to an aromatic ring is 1. The van der Waals surface area contributed by atoms with E-state index in [1.165, 1.54) is 37.6 Å². The molecule has 0 radical (unpaired) electrons. The Hall–Kier alpha value is -1.51. The van der Waals surface area contributed by atoms with Crippen LogP contribution in [0.15, 0.2) is 24.5 Å². The number of hydrogen-bond acceptors (Lipinski definition) is 2. The lowest BCUT2D eigenvalue weighted by Gasteiger charge is -2.22. The van der Waals surface area contributed by atoms with Crippen molar-refractivity contribution in [1.82, 2.24) is 9.55 Å². The van der Waals surface area contributed by atoms with Crippen LogP contribution in [0.3, 0.4) is 0 Å². The van der Waals surface area contributed by atoms with E-state index in [0.717, 1.165) is 23.7 Å². The minimum Gasteiger partial charge on any atom is -0.399 e. The molecule has 2 aromatic rings. The van der Waals surface area contributed by atoms with Gasteiger partial charge >= 0.3 is 0 Å². The van der Waals surface area contributed by atoms with Crippen molar-refractivity contribution < 1.29 is 0 Å². The van der Waals surface area contributed by atoms with Crippen molar-refractivity contribution in [3.05, 3.63) is 24.5 Å². The quantitative estimate of drug-likeness (QED) is 0.804. The molecule has 1 saturated carbocycles. The van der Waals surface area contributed by atoms with Gasteiger partial charge in [0.15, 0.2) is 0 Å². The molecule has 3 nitrogen and oxygen atoms in total. The maximum Gasteiger partial charge on any atom is 0.0958 e. The molecule has 1 aliphatic carbocycles. The predicted octanol–water partition coefficient (Wildman–Crippen LogP) is 3.20. The molecule has 90 valence electrons. The van der Waals surface area contributed by atoms with E-state index in [2.05, 4.69) is 9.55 Å². The second kappa shape index (κ2) is 4.40. The van der Waals surface area contributed by atoms with E-state index >= 15 is 0 Å². The standard InChI is InChI=1S/C14H19N3/c15-12-6-7-13-14(8-12)17(10-16-13)9-11-4-2-1-3-5-11/h6-8,10-11H,1-5,9,15H2. The predicted molar refractivity (Wildman–Crippen MR) is 70.7 cm³/mol. The normalized spacial score (nSPS) is 17.6. The monoisotopic (exact) mass is 229 g/mol. The Morgan fingerprint density at radius 2 is 2.06 bits per heavy atom. The first-order valence-corrected chi connectivity index (χ1v) is 6.53. The topological polar surface area (TPSA) is 43.8 Å². The Bertz CT molecular complexity index is 509. The zero-order chi connectivity index (χ0) is 11.7. The van der Waals surface area contributed by atoms with E-state index in [1.807, 2.05) is 24.5 Å². The lowest BCUT2D eigenvalue weighted by atomic mass is 9.89. The molecule has 1 aromatic heterocycles. The van der Waals surface area contributed by atoms with E-state index in [4.69, 9.17) is 5.73 Å². The fraction of sp³-hybridized carbons (Fsp3) is 0.500. The Labute approximate surface area is 102 Å². The molecule has 0 bridgehead atoms. The number of nitrogens with two attached hydrogens (primary N) is 1. The van der Waals surface area contributed by atoms with Crippen molar-refractivity contribution in [2.45, 2.75) is 38.6 Å². The van der Waals surface area contributed by atoms with Crippen LogP contribution in [0.2, 0.25) is 0 Å². The van der Waals surface area contributed by atoms with Gasteiger partial charge in [-0.25, -0.2) is 4.98 Å². The van der Waals surface area contributed by atoms with Crippen LogP contribution in [-0.4, -0.2) is 9.55 Å². The average Bonchev–Trinajstić information content (AvgIpc) is 2.73. The summed E-state index contributed by atoms with van der Waals surface area (Å²) in [6, 6.07) is 5.95. The zero-order valence-electron chi connectivity index (χ0n) is 10.1. The second-order valence-corrected chi connectivity index (χ2v) is 5.15. The first-order valence-electron chi connectivity index (χ1n) is 6.53. The summed E-state index contributed by atoms with van der Waals surface area (Å²) >= 11 is 0. The Morgan fingerprint density at radius 3 is 2.88 bits per heavy atom. The molecule has 17 heavy (non-hydrogen) atoms. The minimum absolute atomic E-state index is 0.822. The van der Waals surface area contributed by atoms with Crippen LogP contribution < -0.4 is 5.73 Å². The van der Waals surface area contributed by atoms with Gasteiger partial charge < -0.3 is 10.3 Å². The molecule has 0 unspecified atom stereocenters. The van der Waals surface area contributed by atoms with Gasteiger partial charge in [0.05, 0.1) is 17.4 Å². The molecule has 0 spiro atoms. The third-order valence-electron chi connectivity index (χ3n) is 3.82. The summed E-state index contributed by atoms with van der Waals surface area (Å²) in [7, 11) is 0. The molecular formula is C14H19N3. The van der Waals surface area contributed by atoms with Crippen LogP contribution >= 0.6 is 0 Å². The molecular weight excluding hydrogens is 210 g/mol. The molecule has 0 atom stereocenters. The lowest BCUT2D eigenvalue weighted by Crippen LogP contribution is -2.13. The van der Waals surface area contributed by atoms with Gasteiger partial charge in [0.25, 0.3) is 0 Å². The van der Waals surface area contributed by atoms with Gasteiger partial charge in [0, 0.05) is 12.2 Å². The molecule has 0 amide bonds. The highest BCUT2D eigenvalue weighted by Gasteiger charge is 2.15. The summed E-state index contributed by atoms with van der Waals surface area (Å²) in [5, 5.41) is 0. The van der Waals surface area contributed by atoms with Crippen molar-refractivity contribution in [1.29, 1.82) is 0 Å². The van der Waals surface area contributed by atoms with Crippen LogP contribution in [0.25, 0.3) is 11.0 Å². The van der Waals surface area contributed by atoms with E-state index in [0.29, 0.717) is 0 Å². The van der Waals surface area contributed by atoms with Crippen LogP contribution in [0.1, 0.15) is 32.1 Å². The van der Waals surface area contributed by atoms with Gasteiger partial charge in [-0.3, -0.25) is 0 Å². The maximum atomic E-state index is 5.84. The van der Waals surface area contributed by atoms with Crippen molar-refractivity contribution in [2.24, 2.45) is 5.92 Å². The number of imidazole rings is 1. The van der Waals surface area contributed by atoms with Crippen LogP contribution in [0.5, 0.6) is 0 Å². The van der Waals surface area contributed by atoms with Crippen LogP contribution in [0, 0.1) is 5.92 Å².